The largest absolute Gasteiger partial charge is 0.378 e. The molecule has 5 rings (SSSR count). The molecule has 1 N–H and O–H groups in total. The van der Waals surface area contributed by atoms with Crippen molar-refractivity contribution in [3.63, 3.8) is 0 Å². The van der Waals surface area contributed by atoms with E-state index in [4.69, 9.17) is 27.9 Å². The molecule has 3 aromatic carbocycles. The Hall–Kier alpha value is -3.32. The molecule has 36 heavy (non-hydrogen) atoms. The Morgan fingerprint density at radius 2 is 1.81 bits per heavy atom. The minimum Gasteiger partial charge on any atom is -0.378 e. The average molecular weight is 522 g/mol. The lowest BCUT2D eigenvalue weighted by Gasteiger charge is -2.43. The van der Waals surface area contributed by atoms with Crippen LogP contribution in [0.4, 0.5) is 16.2 Å². The van der Waals surface area contributed by atoms with Crippen LogP contribution in [-0.2, 0) is 21.5 Å². The van der Waals surface area contributed by atoms with Gasteiger partial charge < -0.3 is 15.0 Å². The molecule has 0 spiro atoms. The molecule has 1 saturated heterocycles. The molecule has 3 amide bonds. The van der Waals surface area contributed by atoms with Crippen molar-refractivity contribution < 1.29 is 14.3 Å². The van der Waals surface area contributed by atoms with Gasteiger partial charge in [-0.05, 0) is 41.5 Å². The fourth-order valence-electron chi connectivity index (χ4n) is 4.98. The molecular weight excluding hydrogens is 497 g/mol. The number of amides is 3. The van der Waals surface area contributed by atoms with E-state index < -0.39 is 5.54 Å². The number of fused-ring (bicyclic) bond motifs is 1. The number of hydrogen-bond acceptors (Lipinski definition) is 3. The quantitative estimate of drug-likeness (QED) is 0.448. The maximum Gasteiger partial charge on any atom is 0.325 e. The average Bonchev–Trinajstić information content (AvgIpc) is 3.15. The highest BCUT2D eigenvalue weighted by atomic mass is 35.5. The van der Waals surface area contributed by atoms with Gasteiger partial charge in [0.1, 0.15) is 0 Å². The third kappa shape index (κ3) is 4.26. The molecule has 184 valence electrons. The van der Waals surface area contributed by atoms with Gasteiger partial charge in [0.05, 0.1) is 18.9 Å². The Balaban J connectivity index is 1.78. The number of benzene rings is 3. The predicted octanol–water partition coefficient (Wildman–Crippen LogP) is 5.99. The van der Waals surface area contributed by atoms with Gasteiger partial charge in [-0.3, -0.25) is 9.69 Å². The number of carbonyl (C=O) groups is 2. The fraction of sp³-hybridized carbons (Fsp3) is 0.214. The Bertz CT molecular complexity index is 1340. The summed E-state index contributed by atoms with van der Waals surface area (Å²) in [4.78, 5) is 31.8. The molecular formula is C28H25Cl2N3O3. The maximum atomic E-state index is 14.4. The summed E-state index contributed by atoms with van der Waals surface area (Å²) in [6, 6.07) is 19.8. The number of morpholine rings is 1. The smallest absolute Gasteiger partial charge is 0.325 e. The molecule has 0 aliphatic carbocycles. The van der Waals surface area contributed by atoms with E-state index in [0.717, 1.165) is 11.1 Å². The molecule has 8 heteroatoms. The lowest BCUT2D eigenvalue weighted by atomic mass is 9.82. The van der Waals surface area contributed by atoms with Crippen LogP contribution in [0.15, 0.2) is 73.3 Å². The number of nitrogens with one attached hydrogen (secondary N) is 1. The SMILES string of the molecule is C=Cc1ccccc1N(C(=O)N1CCOCC1)C1(Cc2cccc(Cl)c2)C(=O)Nc2cc(Cl)ccc21. The summed E-state index contributed by atoms with van der Waals surface area (Å²) in [6.07, 6.45) is 1.90. The zero-order valence-electron chi connectivity index (χ0n) is 19.5. The van der Waals surface area contributed by atoms with Crippen molar-refractivity contribution in [2.45, 2.75) is 12.0 Å². The Kier molecular flexibility index (Phi) is 6.75. The second kappa shape index (κ2) is 9.97. The number of para-hydroxylation sites is 1. The van der Waals surface area contributed by atoms with Gasteiger partial charge in [0.15, 0.2) is 5.54 Å². The summed E-state index contributed by atoms with van der Waals surface area (Å²) in [5.41, 5.74) is 1.97. The molecule has 1 atom stereocenters. The number of urea groups is 1. The molecule has 2 heterocycles. The molecule has 0 bridgehead atoms. The normalized spacial score (nSPS) is 18.9. The fourth-order valence-corrected chi connectivity index (χ4v) is 5.36. The van der Waals surface area contributed by atoms with Gasteiger partial charge in [-0.15, -0.1) is 0 Å². The minimum absolute atomic E-state index is 0.204. The van der Waals surface area contributed by atoms with Crippen molar-refractivity contribution in [2.75, 3.05) is 36.5 Å². The number of nitrogens with zero attached hydrogens (tertiary/aromatic N) is 2. The highest BCUT2D eigenvalue weighted by Crippen LogP contribution is 2.47. The van der Waals surface area contributed by atoms with Gasteiger partial charge in [0, 0.05) is 40.8 Å². The summed E-state index contributed by atoms with van der Waals surface area (Å²) in [5, 5.41) is 4.03. The van der Waals surface area contributed by atoms with Gasteiger partial charge in [-0.1, -0.05) is 72.3 Å². The molecule has 0 aromatic heterocycles. The van der Waals surface area contributed by atoms with Crippen molar-refractivity contribution in [3.8, 4) is 0 Å². The van der Waals surface area contributed by atoms with Gasteiger partial charge in [-0.2, -0.15) is 0 Å². The Morgan fingerprint density at radius 3 is 2.56 bits per heavy atom. The van der Waals surface area contributed by atoms with Gasteiger partial charge in [0.25, 0.3) is 5.91 Å². The van der Waals surface area contributed by atoms with Crippen LogP contribution in [0, 0.1) is 0 Å². The number of halogens is 2. The number of anilines is 2. The zero-order chi connectivity index (χ0) is 25.3. The van der Waals surface area contributed by atoms with Crippen LogP contribution < -0.4 is 10.2 Å². The monoisotopic (exact) mass is 521 g/mol. The molecule has 1 unspecified atom stereocenters. The standard InChI is InChI=1S/C28H25Cl2N3O3/c1-2-20-7-3-4-9-25(20)33(27(35)32-12-14-36-15-13-32)28(18-19-6-5-8-21(29)16-19)23-11-10-22(30)17-24(23)31-26(28)34/h2-11,16-17H,1,12-15,18H2,(H,31,34). The van der Waals surface area contributed by atoms with Crippen molar-refractivity contribution in [3.05, 3.63) is 100 Å². The highest BCUT2D eigenvalue weighted by Gasteiger charge is 2.55. The maximum absolute atomic E-state index is 14.4. The number of rotatable bonds is 5. The van der Waals surface area contributed by atoms with Crippen LogP contribution in [0.2, 0.25) is 10.0 Å². The van der Waals surface area contributed by atoms with E-state index in [1.54, 1.807) is 34.1 Å². The van der Waals surface area contributed by atoms with E-state index in [0.29, 0.717) is 53.3 Å². The van der Waals surface area contributed by atoms with Crippen molar-refractivity contribution in [1.82, 2.24) is 4.90 Å². The molecule has 3 aromatic rings. The van der Waals surface area contributed by atoms with Crippen LogP contribution >= 0.6 is 23.2 Å². The van der Waals surface area contributed by atoms with E-state index in [1.165, 1.54) is 0 Å². The highest BCUT2D eigenvalue weighted by molar-refractivity contribution is 6.31. The summed E-state index contributed by atoms with van der Waals surface area (Å²) >= 11 is 12.6. The summed E-state index contributed by atoms with van der Waals surface area (Å²) in [7, 11) is 0. The van der Waals surface area contributed by atoms with Crippen LogP contribution in [-0.4, -0.2) is 43.1 Å². The van der Waals surface area contributed by atoms with Gasteiger partial charge in [0.2, 0.25) is 0 Å². The van der Waals surface area contributed by atoms with Crippen LogP contribution in [0.25, 0.3) is 6.08 Å². The first-order valence-corrected chi connectivity index (χ1v) is 12.4. The summed E-state index contributed by atoms with van der Waals surface area (Å²) < 4.78 is 5.49. The molecule has 0 radical (unpaired) electrons. The van der Waals surface area contributed by atoms with Crippen LogP contribution in [0.1, 0.15) is 16.7 Å². The van der Waals surface area contributed by atoms with Gasteiger partial charge >= 0.3 is 6.03 Å². The Morgan fingerprint density at radius 1 is 1.06 bits per heavy atom. The molecule has 2 aliphatic rings. The van der Waals surface area contributed by atoms with E-state index in [-0.39, 0.29) is 18.4 Å². The third-order valence-electron chi connectivity index (χ3n) is 6.65. The third-order valence-corrected chi connectivity index (χ3v) is 7.12. The Labute approximate surface area is 220 Å². The first-order valence-electron chi connectivity index (χ1n) is 11.7. The molecule has 2 aliphatic heterocycles. The lowest BCUT2D eigenvalue weighted by Crippen LogP contribution is -2.60. The van der Waals surface area contributed by atoms with Crippen LogP contribution in [0.3, 0.4) is 0 Å². The first kappa shape index (κ1) is 24.4. The lowest BCUT2D eigenvalue weighted by molar-refractivity contribution is -0.120. The second-order valence-corrected chi connectivity index (χ2v) is 9.66. The molecule has 1 fully saturated rings. The number of carbonyl (C=O) groups excluding carboxylic acids is 2. The predicted molar refractivity (Wildman–Crippen MR) is 144 cm³/mol. The zero-order valence-corrected chi connectivity index (χ0v) is 21.1. The van der Waals surface area contributed by atoms with Crippen molar-refractivity contribution in [1.29, 1.82) is 0 Å². The minimum atomic E-state index is -1.40. The summed E-state index contributed by atoms with van der Waals surface area (Å²) in [5.74, 6) is -0.319. The van der Waals surface area contributed by atoms with E-state index >= 15 is 0 Å². The van der Waals surface area contributed by atoms with Crippen molar-refractivity contribution >= 4 is 52.6 Å². The van der Waals surface area contributed by atoms with E-state index in [9.17, 15) is 9.59 Å². The first-order chi connectivity index (χ1) is 17.4. The van der Waals surface area contributed by atoms with Crippen molar-refractivity contribution in [2.24, 2.45) is 0 Å². The number of ether oxygens (including phenoxy) is 1. The second-order valence-electron chi connectivity index (χ2n) is 8.79. The van der Waals surface area contributed by atoms with Crippen LogP contribution in [0.5, 0.6) is 0 Å². The summed E-state index contributed by atoms with van der Waals surface area (Å²) in [6.45, 7) is 5.67. The van der Waals surface area contributed by atoms with E-state index in [2.05, 4.69) is 11.9 Å². The number of hydrogen-bond donors (Lipinski definition) is 1. The van der Waals surface area contributed by atoms with Gasteiger partial charge in [-0.25, -0.2) is 4.79 Å². The molecule has 0 saturated carbocycles. The molecule has 6 nitrogen and oxygen atoms in total. The topological polar surface area (TPSA) is 61.9 Å². The van der Waals surface area contributed by atoms with E-state index in [1.807, 2.05) is 48.5 Å².